The number of fused-ring (bicyclic) bond motifs is 2. The van der Waals surface area contributed by atoms with Gasteiger partial charge < -0.3 is 15.5 Å². The molecule has 7 aromatic carbocycles. The summed E-state index contributed by atoms with van der Waals surface area (Å²) in [5.41, 5.74) is 13.6. The molecule has 7 rings (SSSR count). The third kappa shape index (κ3) is 4.98. The molecular formula is C39H31N3. The van der Waals surface area contributed by atoms with E-state index in [1.807, 2.05) is 6.07 Å². The standard InChI is InChI=1S/C39H31N3/c40-28-29-14-18-35(19-15-29)41(34-12-2-1-3-13-34)36-22-24-37(25-23-36)42(38-20-16-30-8-4-6-10-32(30)26-38)39-21-17-31-9-5-7-11-33(31)27-39/h1-27H,28,40H2. The number of benzene rings is 7. The molecule has 0 aromatic heterocycles. The van der Waals surface area contributed by atoms with E-state index in [0.29, 0.717) is 6.54 Å². The zero-order chi connectivity index (χ0) is 28.3. The Morgan fingerprint density at radius 3 is 1.17 bits per heavy atom. The van der Waals surface area contributed by atoms with Crippen LogP contribution in [0.5, 0.6) is 0 Å². The Balaban J connectivity index is 1.34. The van der Waals surface area contributed by atoms with E-state index in [-0.39, 0.29) is 0 Å². The molecular weight excluding hydrogens is 510 g/mol. The zero-order valence-electron chi connectivity index (χ0n) is 23.3. The minimum atomic E-state index is 0.527. The van der Waals surface area contributed by atoms with Crippen LogP contribution in [0.2, 0.25) is 0 Å². The fourth-order valence-corrected chi connectivity index (χ4v) is 5.63. The molecule has 0 aliphatic carbocycles. The molecule has 3 heteroatoms. The molecule has 3 nitrogen and oxygen atoms in total. The van der Waals surface area contributed by atoms with Crippen LogP contribution < -0.4 is 15.5 Å². The van der Waals surface area contributed by atoms with Crippen molar-refractivity contribution in [2.24, 2.45) is 5.73 Å². The SMILES string of the molecule is NCc1ccc(N(c2ccccc2)c2ccc(N(c3ccc4ccccc4c3)c3ccc4ccccc4c3)cc2)cc1. The van der Waals surface area contributed by atoms with Gasteiger partial charge in [-0.25, -0.2) is 0 Å². The zero-order valence-corrected chi connectivity index (χ0v) is 23.3. The van der Waals surface area contributed by atoms with E-state index in [4.69, 9.17) is 5.73 Å². The molecule has 7 aromatic rings. The number of hydrogen-bond acceptors (Lipinski definition) is 3. The Hall–Kier alpha value is -5.38. The lowest BCUT2D eigenvalue weighted by atomic mass is 10.1. The predicted molar refractivity (Wildman–Crippen MR) is 179 cm³/mol. The van der Waals surface area contributed by atoms with Gasteiger partial charge in [0.1, 0.15) is 0 Å². The molecule has 0 atom stereocenters. The minimum absolute atomic E-state index is 0.527. The van der Waals surface area contributed by atoms with Gasteiger partial charge in [-0.1, -0.05) is 91.0 Å². The van der Waals surface area contributed by atoms with Crippen molar-refractivity contribution in [2.75, 3.05) is 9.80 Å². The minimum Gasteiger partial charge on any atom is -0.326 e. The second-order valence-electron chi connectivity index (χ2n) is 10.5. The van der Waals surface area contributed by atoms with E-state index in [1.165, 1.54) is 21.5 Å². The summed E-state index contributed by atoms with van der Waals surface area (Å²) in [6, 6.07) is 58.2. The van der Waals surface area contributed by atoms with Gasteiger partial charge in [-0.05, 0) is 99.9 Å². The van der Waals surface area contributed by atoms with Gasteiger partial charge in [-0.3, -0.25) is 0 Å². The monoisotopic (exact) mass is 541 g/mol. The van der Waals surface area contributed by atoms with Crippen LogP contribution in [0.25, 0.3) is 21.5 Å². The fourth-order valence-electron chi connectivity index (χ4n) is 5.63. The number of anilines is 6. The van der Waals surface area contributed by atoms with Crippen molar-refractivity contribution < 1.29 is 0 Å². The van der Waals surface area contributed by atoms with Crippen LogP contribution in [0.4, 0.5) is 34.1 Å². The smallest absolute Gasteiger partial charge is 0.0468 e. The summed E-state index contributed by atoms with van der Waals surface area (Å²) >= 11 is 0. The average molecular weight is 542 g/mol. The van der Waals surface area contributed by atoms with Gasteiger partial charge in [0.15, 0.2) is 0 Å². The average Bonchev–Trinajstić information content (AvgIpc) is 3.06. The maximum Gasteiger partial charge on any atom is 0.0468 e. The third-order valence-electron chi connectivity index (χ3n) is 7.79. The Bertz CT molecular complexity index is 1880. The first-order valence-corrected chi connectivity index (χ1v) is 14.3. The van der Waals surface area contributed by atoms with Crippen LogP contribution in [0.15, 0.2) is 164 Å². The fraction of sp³-hybridized carbons (Fsp3) is 0.0256. The van der Waals surface area contributed by atoms with Gasteiger partial charge in [0.05, 0.1) is 0 Å². The molecule has 0 aliphatic rings. The van der Waals surface area contributed by atoms with Gasteiger partial charge in [0.25, 0.3) is 0 Å². The highest BCUT2D eigenvalue weighted by Crippen LogP contribution is 2.40. The lowest BCUT2D eigenvalue weighted by Gasteiger charge is -2.28. The van der Waals surface area contributed by atoms with Crippen molar-refractivity contribution in [3.63, 3.8) is 0 Å². The number of para-hydroxylation sites is 1. The Morgan fingerprint density at radius 1 is 0.333 bits per heavy atom. The van der Waals surface area contributed by atoms with Crippen LogP contribution in [-0.2, 0) is 6.54 Å². The van der Waals surface area contributed by atoms with Gasteiger partial charge >= 0.3 is 0 Å². The van der Waals surface area contributed by atoms with Gasteiger partial charge in [0, 0.05) is 40.7 Å². The molecule has 0 heterocycles. The molecule has 0 spiro atoms. The molecule has 0 fully saturated rings. The summed E-state index contributed by atoms with van der Waals surface area (Å²) in [4.78, 5) is 4.62. The van der Waals surface area contributed by atoms with Crippen LogP contribution in [0.3, 0.4) is 0 Å². The molecule has 0 bridgehead atoms. The molecule has 2 N–H and O–H groups in total. The van der Waals surface area contributed by atoms with Gasteiger partial charge in [-0.15, -0.1) is 0 Å². The molecule has 0 radical (unpaired) electrons. The van der Waals surface area contributed by atoms with E-state index in [2.05, 4.69) is 168 Å². The van der Waals surface area contributed by atoms with Crippen LogP contribution in [-0.4, -0.2) is 0 Å². The van der Waals surface area contributed by atoms with E-state index in [0.717, 1.165) is 39.7 Å². The maximum absolute atomic E-state index is 5.88. The topological polar surface area (TPSA) is 32.5 Å². The highest BCUT2D eigenvalue weighted by atomic mass is 15.2. The molecule has 42 heavy (non-hydrogen) atoms. The number of rotatable bonds is 7. The highest BCUT2D eigenvalue weighted by Gasteiger charge is 2.16. The maximum atomic E-state index is 5.88. The number of nitrogens with two attached hydrogens (primary N) is 1. The predicted octanol–water partition coefficient (Wildman–Crippen LogP) is 10.4. The third-order valence-corrected chi connectivity index (χ3v) is 7.79. The summed E-state index contributed by atoms with van der Waals surface area (Å²) in [7, 11) is 0. The van der Waals surface area contributed by atoms with E-state index < -0.39 is 0 Å². The first-order valence-electron chi connectivity index (χ1n) is 14.3. The Kier molecular flexibility index (Phi) is 6.85. The Morgan fingerprint density at radius 2 is 0.690 bits per heavy atom. The number of nitrogens with zero attached hydrogens (tertiary/aromatic N) is 2. The molecule has 0 saturated heterocycles. The molecule has 0 aliphatic heterocycles. The van der Waals surface area contributed by atoms with Crippen molar-refractivity contribution in [3.05, 3.63) is 169 Å². The van der Waals surface area contributed by atoms with Crippen LogP contribution >= 0.6 is 0 Å². The first kappa shape index (κ1) is 25.6. The van der Waals surface area contributed by atoms with Crippen molar-refractivity contribution in [2.45, 2.75) is 6.54 Å². The van der Waals surface area contributed by atoms with Crippen LogP contribution in [0, 0.1) is 0 Å². The highest BCUT2D eigenvalue weighted by molar-refractivity contribution is 5.92. The summed E-state index contributed by atoms with van der Waals surface area (Å²) in [5.74, 6) is 0. The second kappa shape index (κ2) is 11.2. The summed E-state index contributed by atoms with van der Waals surface area (Å²) in [6.07, 6.45) is 0. The second-order valence-corrected chi connectivity index (χ2v) is 10.5. The first-order chi connectivity index (χ1) is 20.8. The lowest BCUT2D eigenvalue weighted by Crippen LogP contribution is -2.12. The van der Waals surface area contributed by atoms with Crippen molar-refractivity contribution >= 4 is 55.7 Å². The van der Waals surface area contributed by atoms with Crippen molar-refractivity contribution in [3.8, 4) is 0 Å². The van der Waals surface area contributed by atoms with E-state index >= 15 is 0 Å². The molecule has 0 saturated carbocycles. The molecule has 0 unspecified atom stereocenters. The van der Waals surface area contributed by atoms with E-state index in [9.17, 15) is 0 Å². The summed E-state index contributed by atoms with van der Waals surface area (Å²) in [5, 5.41) is 4.89. The summed E-state index contributed by atoms with van der Waals surface area (Å²) < 4.78 is 0. The lowest BCUT2D eigenvalue weighted by molar-refractivity contribution is 1.07. The Labute approximate surface area is 246 Å². The molecule has 0 amide bonds. The largest absolute Gasteiger partial charge is 0.326 e. The molecule has 202 valence electrons. The summed E-state index contributed by atoms with van der Waals surface area (Å²) in [6.45, 7) is 0.527. The number of hydrogen-bond donors (Lipinski definition) is 1. The van der Waals surface area contributed by atoms with Crippen LogP contribution in [0.1, 0.15) is 5.56 Å². The van der Waals surface area contributed by atoms with E-state index in [1.54, 1.807) is 0 Å². The van der Waals surface area contributed by atoms with Crippen molar-refractivity contribution in [1.29, 1.82) is 0 Å². The normalized spacial score (nSPS) is 11.1. The van der Waals surface area contributed by atoms with Crippen molar-refractivity contribution in [1.82, 2.24) is 0 Å². The quantitative estimate of drug-likeness (QED) is 0.218. The van der Waals surface area contributed by atoms with Gasteiger partial charge in [-0.2, -0.15) is 0 Å². The van der Waals surface area contributed by atoms with Gasteiger partial charge in [0.2, 0.25) is 0 Å².